The predicted molar refractivity (Wildman–Crippen MR) is 80.4 cm³/mol. The van der Waals surface area contributed by atoms with E-state index >= 15 is 0 Å². The van der Waals surface area contributed by atoms with Crippen molar-refractivity contribution in [1.82, 2.24) is 9.78 Å². The van der Waals surface area contributed by atoms with Gasteiger partial charge in [-0.1, -0.05) is 25.0 Å². The molecule has 0 radical (unpaired) electrons. The second-order valence-corrected chi connectivity index (χ2v) is 5.88. The molecule has 1 fully saturated rings. The van der Waals surface area contributed by atoms with Crippen LogP contribution in [0, 0.1) is 11.7 Å². The maximum absolute atomic E-state index is 13.9. The summed E-state index contributed by atoms with van der Waals surface area (Å²) in [6.45, 7) is 0.931. The highest BCUT2D eigenvalue weighted by atomic mass is 19.1. The second kappa shape index (κ2) is 6.39. The Labute approximate surface area is 124 Å². The highest BCUT2D eigenvalue weighted by Crippen LogP contribution is 2.27. The normalized spacial score (nSPS) is 15.7. The van der Waals surface area contributed by atoms with Gasteiger partial charge < -0.3 is 5.11 Å². The first kappa shape index (κ1) is 14.3. The summed E-state index contributed by atoms with van der Waals surface area (Å²) in [5.74, 6) is 0.478. The Balaban J connectivity index is 1.74. The van der Waals surface area contributed by atoms with Gasteiger partial charge in [0, 0.05) is 24.9 Å². The first-order valence-corrected chi connectivity index (χ1v) is 7.68. The van der Waals surface area contributed by atoms with E-state index in [0.717, 1.165) is 23.6 Å². The minimum Gasteiger partial charge on any atom is -0.396 e. The molecule has 0 saturated heterocycles. The summed E-state index contributed by atoms with van der Waals surface area (Å²) >= 11 is 0. The van der Waals surface area contributed by atoms with Gasteiger partial charge >= 0.3 is 0 Å². The topological polar surface area (TPSA) is 38.1 Å². The summed E-state index contributed by atoms with van der Waals surface area (Å²) in [4.78, 5) is 0. The van der Waals surface area contributed by atoms with Crippen LogP contribution in [0.25, 0.3) is 11.1 Å². The first-order chi connectivity index (χ1) is 10.3. The fraction of sp³-hybridized carbons (Fsp3) is 0.471. The maximum atomic E-state index is 13.9. The number of benzene rings is 1. The van der Waals surface area contributed by atoms with Gasteiger partial charge in [-0.3, -0.25) is 4.68 Å². The number of rotatable bonds is 5. The van der Waals surface area contributed by atoms with Crippen molar-refractivity contribution in [3.8, 4) is 11.1 Å². The number of aliphatic hydroxyl groups is 1. The fourth-order valence-corrected chi connectivity index (χ4v) is 3.12. The summed E-state index contributed by atoms with van der Waals surface area (Å²) in [7, 11) is 0. The van der Waals surface area contributed by atoms with Crippen LogP contribution in [-0.4, -0.2) is 21.5 Å². The lowest BCUT2D eigenvalue weighted by molar-refractivity contribution is 0.297. The van der Waals surface area contributed by atoms with E-state index in [9.17, 15) is 4.39 Å². The third-order valence-electron chi connectivity index (χ3n) is 4.32. The number of aliphatic hydroxyl groups excluding tert-OH is 1. The molecule has 0 amide bonds. The van der Waals surface area contributed by atoms with Gasteiger partial charge in [0.25, 0.3) is 0 Å². The highest BCUT2D eigenvalue weighted by molar-refractivity contribution is 5.62. The zero-order chi connectivity index (χ0) is 14.7. The number of halogens is 1. The molecule has 0 aliphatic heterocycles. The number of hydrogen-bond donors (Lipinski definition) is 1. The Hall–Kier alpha value is -1.68. The molecule has 4 heteroatoms. The first-order valence-electron chi connectivity index (χ1n) is 7.68. The Kier molecular flexibility index (Phi) is 4.34. The zero-order valence-corrected chi connectivity index (χ0v) is 12.1. The molecular formula is C17H21FN2O. The molecule has 0 atom stereocenters. The van der Waals surface area contributed by atoms with Gasteiger partial charge in [0.1, 0.15) is 5.82 Å². The van der Waals surface area contributed by atoms with Crippen molar-refractivity contribution in [1.29, 1.82) is 0 Å². The molecule has 1 heterocycles. The van der Waals surface area contributed by atoms with Crippen LogP contribution in [-0.2, 0) is 13.0 Å². The third kappa shape index (κ3) is 3.32. The van der Waals surface area contributed by atoms with Gasteiger partial charge in [-0.15, -0.1) is 0 Å². The lowest BCUT2D eigenvalue weighted by Crippen LogP contribution is -2.07. The van der Waals surface area contributed by atoms with Crippen molar-refractivity contribution in [3.05, 3.63) is 42.0 Å². The molecule has 21 heavy (non-hydrogen) atoms. The summed E-state index contributed by atoms with van der Waals surface area (Å²) in [6.07, 6.45) is 9.40. The van der Waals surface area contributed by atoms with Crippen LogP contribution in [0.4, 0.5) is 4.39 Å². The maximum Gasteiger partial charge on any atom is 0.127 e. The van der Waals surface area contributed by atoms with Crippen molar-refractivity contribution < 1.29 is 9.50 Å². The predicted octanol–water partition coefficient (Wildman–Crippen LogP) is 3.41. The van der Waals surface area contributed by atoms with Crippen LogP contribution >= 0.6 is 0 Å². The van der Waals surface area contributed by atoms with E-state index in [1.165, 1.54) is 31.7 Å². The van der Waals surface area contributed by atoms with Crippen molar-refractivity contribution in [2.75, 3.05) is 6.61 Å². The van der Waals surface area contributed by atoms with Crippen LogP contribution in [0.3, 0.4) is 0 Å². The summed E-state index contributed by atoms with van der Waals surface area (Å²) in [6, 6.07) is 5.17. The minimum absolute atomic E-state index is 0.0322. The molecule has 1 aliphatic rings. The highest BCUT2D eigenvalue weighted by Gasteiger charge is 2.16. The minimum atomic E-state index is -0.259. The third-order valence-corrected chi connectivity index (χ3v) is 4.32. The molecule has 0 bridgehead atoms. The SMILES string of the molecule is OCCc1ccc(-c2cnn(CC3CCCC3)c2)cc1F. The molecule has 1 saturated carbocycles. The van der Waals surface area contributed by atoms with Crippen LogP contribution in [0.5, 0.6) is 0 Å². The van der Waals surface area contributed by atoms with E-state index in [1.807, 2.05) is 16.9 Å². The molecule has 0 unspecified atom stereocenters. The van der Waals surface area contributed by atoms with Gasteiger partial charge in [-0.05, 0) is 42.4 Å². The molecule has 1 aromatic heterocycles. The van der Waals surface area contributed by atoms with E-state index in [0.29, 0.717) is 12.0 Å². The molecule has 3 rings (SSSR count). The average Bonchev–Trinajstić information content (AvgIpc) is 3.13. The van der Waals surface area contributed by atoms with Crippen LogP contribution in [0.2, 0.25) is 0 Å². The quantitative estimate of drug-likeness (QED) is 0.915. The lowest BCUT2D eigenvalue weighted by Gasteiger charge is -2.08. The van der Waals surface area contributed by atoms with Gasteiger partial charge in [0.05, 0.1) is 6.20 Å². The molecule has 3 nitrogen and oxygen atoms in total. The van der Waals surface area contributed by atoms with Crippen LogP contribution in [0.15, 0.2) is 30.6 Å². The molecule has 1 N–H and O–H groups in total. The molecule has 112 valence electrons. The Bertz CT molecular complexity index is 603. The smallest absolute Gasteiger partial charge is 0.127 e. The molecule has 2 aromatic rings. The molecule has 1 aromatic carbocycles. The average molecular weight is 288 g/mol. The van der Waals surface area contributed by atoms with Gasteiger partial charge in [0.15, 0.2) is 0 Å². The summed E-state index contributed by atoms with van der Waals surface area (Å²) < 4.78 is 15.9. The van der Waals surface area contributed by atoms with Crippen LogP contribution in [0.1, 0.15) is 31.2 Å². The number of nitrogens with zero attached hydrogens (tertiary/aromatic N) is 2. The Morgan fingerprint density at radius 3 is 2.76 bits per heavy atom. The van der Waals surface area contributed by atoms with Crippen molar-refractivity contribution >= 4 is 0 Å². The Morgan fingerprint density at radius 1 is 1.24 bits per heavy atom. The van der Waals surface area contributed by atoms with E-state index in [4.69, 9.17) is 5.11 Å². The van der Waals surface area contributed by atoms with Gasteiger partial charge in [0.2, 0.25) is 0 Å². The summed E-state index contributed by atoms with van der Waals surface area (Å²) in [5.41, 5.74) is 2.34. The largest absolute Gasteiger partial charge is 0.396 e. The fourth-order valence-electron chi connectivity index (χ4n) is 3.12. The molecule has 0 spiro atoms. The van der Waals surface area contributed by atoms with Crippen LogP contribution < -0.4 is 0 Å². The van der Waals surface area contributed by atoms with E-state index in [2.05, 4.69) is 5.10 Å². The monoisotopic (exact) mass is 288 g/mol. The Morgan fingerprint density at radius 2 is 2.05 bits per heavy atom. The lowest BCUT2D eigenvalue weighted by atomic mass is 10.0. The van der Waals surface area contributed by atoms with Gasteiger partial charge in [-0.25, -0.2) is 4.39 Å². The number of aromatic nitrogens is 2. The van der Waals surface area contributed by atoms with E-state index in [-0.39, 0.29) is 12.4 Å². The van der Waals surface area contributed by atoms with E-state index in [1.54, 1.807) is 12.3 Å². The molecule has 1 aliphatic carbocycles. The molecular weight excluding hydrogens is 267 g/mol. The van der Waals surface area contributed by atoms with Crippen molar-refractivity contribution in [3.63, 3.8) is 0 Å². The number of hydrogen-bond acceptors (Lipinski definition) is 2. The van der Waals surface area contributed by atoms with Crippen molar-refractivity contribution in [2.45, 2.75) is 38.6 Å². The van der Waals surface area contributed by atoms with Crippen molar-refractivity contribution in [2.24, 2.45) is 5.92 Å². The standard InChI is InChI=1S/C17H21FN2O/c18-17-9-15(6-5-14(17)7-8-21)16-10-19-20(12-16)11-13-3-1-2-4-13/h5-6,9-10,12-13,21H,1-4,7-8,11H2. The second-order valence-electron chi connectivity index (χ2n) is 5.88. The zero-order valence-electron chi connectivity index (χ0n) is 12.1. The van der Waals surface area contributed by atoms with Gasteiger partial charge in [-0.2, -0.15) is 5.10 Å². The van der Waals surface area contributed by atoms with E-state index < -0.39 is 0 Å². The summed E-state index contributed by atoms with van der Waals surface area (Å²) in [5, 5.41) is 13.3.